The van der Waals surface area contributed by atoms with Crippen LogP contribution < -0.4 is 47.3 Å². The van der Waals surface area contributed by atoms with E-state index in [1.807, 2.05) is 10.6 Å². The average molecular weight is 1510 g/mol. The molecule has 6 atom stereocenters. The highest BCUT2D eigenvalue weighted by Gasteiger charge is 2.45. The Morgan fingerprint density at radius 3 is 1.39 bits per heavy atom. The number of carboxylic acid groups (broad SMARTS) is 7. The minimum absolute atomic E-state index is 0.00427. The molecule has 1 aliphatic heterocycles. The van der Waals surface area contributed by atoms with Gasteiger partial charge in [-0.15, -0.1) is 0 Å². The number of ether oxygens (including phenoxy) is 1. The molecule has 0 spiro atoms. The number of hydrogen-bond donors (Lipinski definition) is 21. The Morgan fingerprint density at radius 1 is 0.447 bits per heavy atom. The maximum absolute atomic E-state index is 13.4. The number of carbonyl (C=O) groups excluding carboxylic acids is 7. The lowest BCUT2D eigenvalue weighted by Crippen LogP contribution is -2.54. The van der Waals surface area contributed by atoms with Crippen LogP contribution in [0.1, 0.15) is 68.9 Å². The van der Waals surface area contributed by atoms with E-state index in [1.165, 1.54) is 49.2 Å². The quantitative estimate of drug-likeness (QED) is 0.0167. The Labute approximate surface area is 587 Å². The molecule has 21 N–H and O–H groups in total. The third-order valence-corrected chi connectivity index (χ3v) is 18.9. The number of rotatable bonds is 44. The van der Waals surface area contributed by atoms with Crippen LogP contribution in [-0.4, -0.2) is 308 Å². The van der Waals surface area contributed by atoms with Crippen LogP contribution >= 0.6 is 15.2 Å². The van der Waals surface area contributed by atoms with E-state index in [0.29, 0.717) is 11.1 Å². The van der Waals surface area contributed by atoms with E-state index in [0.717, 1.165) is 0 Å². The summed E-state index contributed by atoms with van der Waals surface area (Å²) in [4.78, 5) is 216. The Bertz CT molecular complexity index is 3270. The van der Waals surface area contributed by atoms with Gasteiger partial charge in [-0.05, 0) is 61.8 Å². The van der Waals surface area contributed by atoms with Gasteiger partial charge >= 0.3 is 63.0 Å². The molecule has 574 valence electrons. The molecule has 1 fully saturated rings. The lowest BCUT2D eigenvalue weighted by atomic mass is 10.0. The molecular weight excluding hydrogens is 1420 g/mol. The van der Waals surface area contributed by atoms with Crippen molar-refractivity contribution >= 4 is 98.5 Å². The van der Waals surface area contributed by atoms with Gasteiger partial charge in [-0.25, -0.2) is 19.2 Å². The molecule has 2 aromatic rings. The number of nitrogens with zero attached hydrogens (tertiary/aromatic N) is 4. The van der Waals surface area contributed by atoms with Crippen LogP contribution in [0.25, 0.3) is 0 Å². The number of carbonyl (C=O) groups is 14. The van der Waals surface area contributed by atoms with Gasteiger partial charge in [0.25, 0.3) is 5.91 Å². The summed E-state index contributed by atoms with van der Waals surface area (Å²) in [5.74, 6) is -15.2. The van der Waals surface area contributed by atoms with Gasteiger partial charge < -0.3 is 113 Å². The minimum Gasteiger partial charge on any atom is -0.484 e. The molecule has 3 rings (SSSR count). The number of aliphatic hydroxyl groups excluding tert-OH is 1. The van der Waals surface area contributed by atoms with Crippen LogP contribution in [0, 0.1) is 0 Å². The zero-order chi connectivity index (χ0) is 77.1. The van der Waals surface area contributed by atoms with Crippen molar-refractivity contribution in [1.82, 2.24) is 62.1 Å². The number of urea groups is 1. The fraction of sp³-hybridized carbons (Fsp3) is 0.559. The normalized spacial score (nSPS) is 15.5. The summed E-state index contributed by atoms with van der Waals surface area (Å²) < 4.78 is 28.7. The first-order valence-corrected chi connectivity index (χ1v) is 35.2. The maximum atomic E-state index is 13.4. The molecular formula is C59H88N12O30P2. The molecule has 0 radical (unpaired) electrons. The fourth-order valence-electron chi connectivity index (χ4n) is 10.3. The van der Waals surface area contributed by atoms with Gasteiger partial charge in [0.2, 0.25) is 35.1 Å². The zero-order valence-corrected chi connectivity index (χ0v) is 57.2. The number of carboxylic acids is 7. The maximum Gasteiger partial charge on any atom is 0.360 e. The summed E-state index contributed by atoms with van der Waals surface area (Å²) in [5, 5.41) is 107. The molecule has 2 unspecified atom stereocenters. The molecule has 1 aliphatic rings. The number of nitrogens with one attached hydrogen (secondary N) is 8. The van der Waals surface area contributed by atoms with Gasteiger partial charge in [0.1, 0.15) is 36.0 Å². The SMILES string of the molecule is O=C(O)CC[C@H](NC(=O)N[C@@H](CCCCNC(=O)[C@H](Cc1ccccc1)NC(=O)COc1ccc(C[C@H](NC(=O)CNC(=O)CCC(C(O)O)N2CCN(CC(=O)O)CCN(C(CCC(=O)NCC(=O)NC(P(=O)(O)O)P(=O)(O)O)C(=O)O)CCN(CC(=O)O)CC2)C(=O)O)cc1)C(=O)O)C(=O)O. The highest BCUT2D eigenvalue weighted by atomic mass is 31.2. The summed E-state index contributed by atoms with van der Waals surface area (Å²) in [5.41, 5.74) is -1.88. The summed E-state index contributed by atoms with van der Waals surface area (Å²) >= 11 is 0. The van der Waals surface area contributed by atoms with Crippen molar-refractivity contribution in [2.45, 2.75) is 119 Å². The van der Waals surface area contributed by atoms with Crippen molar-refractivity contribution in [3.63, 3.8) is 0 Å². The van der Waals surface area contributed by atoms with Crippen molar-refractivity contribution < 1.29 is 147 Å². The van der Waals surface area contributed by atoms with Crippen molar-refractivity contribution in [2.24, 2.45) is 0 Å². The Kier molecular flexibility index (Phi) is 37.8. The standard InChI is InChI=1S/C59H88N12O30P2/c72-44(16-14-42(56(90)91)70-24-20-68(32-50(79)80)22-26-71(27-23-69(21-25-70)33-51(81)82)43(57(92)93)15-17-45(73)62-31-47(75)67-59(102(95,96)97)103(98,99)100)61-30-46(74)64-41(55(88)89)29-36-9-11-37(12-10-36)101-34-48(76)63-40(28-35-6-2-1-3-7-35)52(83)60-19-5-4-8-38(53(84)85)65-58(94)66-39(54(86)87)13-18-49(77)78/h1-3,6-7,9-12,38-43,56,59,90-91H,4-5,8,13-34H2,(H,60,83)(H,61,72)(H,62,73)(H,63,76)(H,64,74)(H,67,75)(H,77,78)(H,79,80)(H,81,82)(H,84,85)(H,86,87)(H,88,89)(H,92,93)(H2,65,66,94)(H2,95,96,97)(H2,98,99,100)/t38-,39-,40-,41-,42?,43?/m0/s1. The van der Waals surface area contributed by atoms with Gasteiger partial charge in [-0.1, -0.05) is 42.5 Å². The summed E-state index contributed by atoms with van der Waals surface area (Å²) in [6.07, 6.45) is -5.10. The number of amides is 8. The second-order valence-corrected chi connectivity index (χ2v) is 27.3. The average Bonchev–Trinajstić information content (AvgIpc) is 0.831. The molecule has 1 saturated heterocycles. The van der Waals surface area contributed by atoms with Gasteiger partial charge in [0.15, 0.2) is 12.9 Å². The Morgan fingerprint density at radius 2 is 0.913 bits per heavy atom. The molecule has 44 heteroatoms. The molecule has 0 bridgehead atoms. The summed E-state index contributed by atoms with van der Waals surface area (Å²) in [6.45, 7) is -4.96. The molecule has 103 heavy (non-hydrogen) atoms. The van der Waals surface area contributed by atoms with E-state index in [-0.39, 0.29) is 103 Å². The monoisotopic (exact) mass is 1510 g/mol. The Balaban J connectivity index is 1.58. The topological polar surface area (TPSA) is 655 Å². The number of aliphatic carboxylic acids is 7. The van der Waals surface area contributed by atoms with E-state index in [4.69, 9.17) is 9.84 Å². The first kappa shape index (κ1) is 87.9. The molecule has 2 aromatic carbocycles. The van der Waals surface area contributed by atoms with Crippen LogP contribution in [-0.2, 0) is 84.3 Å². The molecule has 0 saturated carbocycles. The van der Waals surface area contributed by atoms with Crippen LogP contribution in [0.4, 0.5) is 4.79 Å². The zero-order valence-electron chi connectivity index (χ0n) is 55.4. The number of aliphatic hydroxyl groups is 2. The Hall–Kier alpha value is -9.32. The van der Waals surface area contributed by atoms with Crippen LogP contribution in [0.15, 0.2) is 54.6 Å². The van der Waals surface area contributed by atoms with Crippen molar-refractivity contribution in [3.05, 3.63) is 65.7 Å². The van der Waals surface area contributed by atoms with E-state index < -0.39 is 211 Å². The van der Waals surface area contributed by atoms with Crippen LogP contribution in [0.5, 0.6) is 5.75 Å². The first-order chi connectivity index (χ1) is 48.3. The van der Waals surface area contributed by atoms with Crippen molar-refractivity contribution in [2.75, 3.05) is 91.7 Å². The molecule has 42 nitrogen and oxygen atoms in total. The number of benzene rings is 2. The van der Waals surface area contributed by atoms with Gasteiger partial charge in [0, 0.05) is 91.0 Å². The molecule has 8 amide bonds. The fourth-order valence-corrected chi connectivity index (χ4v) is 12.5. The predicted octanol–water partition coefficient (Wildman–Crippen LogP) is -5.67. The molecule has 0 aliphatic carbocycles. The lowest BCUT2D eigenvalue weighted by Gasteiger charge is -2.38. The predicted molar refractivity (Wildman–Crippen MR) is 351 cm³/mol. The third kappa shape index (κ3) is 35.4. The van der Waals surface area contributed by atoms with Gasteiger partial charge in [0.05, 0.1) is 32.2 Å². The molecule has 0 aromatic heterocycles. The van der Waals surface area contributed by atoms with E-state index in [1.54, 1.807) is 30.3 Å². The van der Waals surface area contributed by atoms with Gasteiger partial charge in [-0.3, -0.25) is 76.7 Å². The highest BCUT2D eigenvalue weighted by molar-refractivity contribution is 7.70. The smallest absolute Gasteiger partial charge is 0.360 e. The molecule has 1 heterocycles. The van der Waals surface area contributed by atoms with Crippen LogP contribution in [0.3, 0.4) is 0 Å². The largest absolute Gasteiger partial charge is 0.484 e. The number of unbranched alkanes of at least 4 members (excludes halogenated alkanes) is 1. The van der Waals surface area contributed by atoms with Gasteiger partial charge in [-0.2, -0.15) is 0 Å². The summed E-state index contributed by atoms with van der Waals surface area (Å²) in [6, 6.07) is 4.64. The summed E-state index contributed by atoms with van der Waals surface area (Å²) in [7, 11) is -11.2. The van der Waals surface area contributed by atoms with E-state index in [2.05, 4.69) is 26.6 Å². The second-order valence-electron chi connectivity index (χ2n) is 23.5. The highest BCUT2D eigenvalue weighted by Crippen LogP contribution is 2.58. The number of hydrogen-bond acceptors (Lipinski definition) is 23. The first-order valence-electron chi connectivity index (χ1n) is 31.8. The minimum atomic E-state index is -5.58. The lowest BCUT2D eigenvalue weighted by molar-refractivity contribution is -0.145. The van der Waals surface area contributed by atoms with Crippen molar-refractivity contribution in [1.29, 1.82) is 0 Å². The third-order valence-electron chi connectivity index (χ3n) is 15.6. The van der Waals surface area contributed by atoms with Crippen LogP contribution in [0.2, 0.25) is 0 Å². The second kappa shape index (κ2) is 44.3. The van der Waals surface area contributed by atoms with Crippen molar-refractivity contribution in [3.8, 4) is 5.75 Å². The van der Waals surface area contributed by atoms with E-state index in [9.17, 15) is 137 Å². The van der Waals surface area contributed by atoms with E-state index >= 15 is 0 Å².